The lowest BCUT2D eigenvalue weighted by Crippen LogP contribution is -2.15. The average Bonchev–Trinajstić information content (AvgIpc) is 3.16. The van der Waals surface area contributed by atoms with Crippen molar-refractivity contribution in [2.45, 2.75) is 12.5 Å². The normalized spacial score (nSPS) is 12.0. The van der Waals surface area contributed by atoms with Crippen molar-refractivity contribution in [3.8, 4) is 5.75 Å². The van der Waals surface area contributed by atoms with Gasteiger partial charge in [0.05, 0.1) is 5.92 Å². The summed E-state index contributed by atoms with van der Waals surface area (Å²) in [4.78, 5) is 14.5. The molecule has 4 aromatic rings. The third-order valence-corrected chi connectivity index (χ3v) is 5.41. The van der Waals surface area contributed by atoms with Crippen LogP contribution in [0.2, 0.25) is 0 Å². The first-order valence-electron chi connectivity index (χ1n) is 9.26. The van der Waals surface area contributed by atoms with E-state index in [4.69, 9.17) is 4.74 Å². The first kappa shape index (κ1) is 19.2. The van der Waals surface area contributed by atoms with E-state index in [1.54, 1.807) is 0 Å². The van der Waals surface area contributed by atoms with Gasteiger partial charge in [-0.1, -0.05) is 64.5 Å². The first-order chi connectivity index (χ1) is 14.1. The van der Waals surface area contributed by atoms with Gasteiger partial charge in [0.1, 0.15) is 12.4 Å². The Kier molecular flexibility index (Phi) is 5.62. The summed E-state index contributed by atoms with van der Waals surface area (Å²) in [5.41, 5.74) is 3.67. The summed E-state index contributed by atoms with van der Waals surface area (Å²) in [7, 11) is 0. The van der Waals surface area contributed by atoms with Crippen LogP contribution >= 0.6 is 15.9 Å². The quantitative estimate of drug-likeness (QED) is 0.280. The van der Waals surface area contributed by atoms with Gasteiger partial charge in [-0.05, 0) is 35.4 Å². The van der Waals surface area contributed by atoms with Crippen LogP contribution in [0.3, 0.4) is 0 Å². The first-order valence-corrected chi connectivity index (χ1v) is 10.0. The second-order valence-corrected chi connectivity index (χ2v) is 7.73. The molecule has 0 spiro atoms. The van der Waals surface area contributed by atoms with Gasteiger partial charge in [-0.25, -0.2) is 0 Å². The summed E-state index contributed by atoms with van der Waals surface area (Å²) in [5, 5.41) is 12.5. The third-order valence-electron chi connectivity index (χ3n) is 4.91. The number of nitrogens with one attached hydrogen (secondary N) is 1. The molecule has 0 saturated carbocycles. The maximum absolute atomic E-state index is 11.5. The molecule has 6 heteroatoms. The summed E-state index contributed by atoms with van der Waals surface area (Å²) in [5.74, 6) is 0.207. The fraction of sp³-hybridized carbons (Fsp3) is 0.130. The molecule has 1 aromatic heterocycles. The van der Waals surface area contributed by atoms with Crippen molar-refractivity contribution in [3.63, 3.8) is 0 Å². The highest BCUT2D eigenvalue weighted by molar-refractivity contribution is 9.10. The highest BCUT2D eigenvalue weighted by Crippen LogP contribution is 2.37. The molecule has 5 nitrogen and oxygen atoms in total. The van der Waals surface area contributed by atoms with Crippen molar-refractivity contribution in [2.24, 2.45) is 0 Å². The molecule has 4 rings (SSSR count). The van der Waals surface area contributed by atoms with E-state index in [1.807, 2.05) is 79.0 Å². The van der Waals surface area contributed by atoms with Crippen LogP contribution in [0.5, 0.6) is 5.75 Å². The lowest BCUT2D eigenvalue weighted by atomic mass is 9.90. The van der Waals surface area contributed by atoms with Crippen LogP contribution in [-0.2, 0) is 6.61 Å². The number of aromatic nitrogens is 1. The number of hydrogen-bond donors (Lipinski definition) is 1. The largest absolute Gasteiger partial charge is 0.489 e. The Bertz CT molecular complexity index is 1140. The van der Waals surface area contributed by atoms with Crippen LogP contribution in [0, 0.1) is 10.1 Å². The van der Waals surface area contributed by atoms with Gasteiger partial charge >= 0.3 is 0 Å². The molecule has 0 aliphatic rings. The van der Waals surface area contributed by atoms with Gasteiger partial charge in [-0.15, -0.1) is 0 Å². The number of H-pyrrole nitrogens is 1. The molecule has 29 heavy (non-hydrogen) atoms. The van der Waals surface area contributed by atoms with Crippen LogP contribution in [0.25, 0.3) is 10.9 Å². The number of rotatable bonds is 7. The third kappa shape index (κ3) is 4.32. The monoisotopic (exact) mass is 450 g/mol. The number of fused-ring (bicyclic) bond motifs is 1. The molecule has 0 aliphatic heterocycles. The number of aromatic amines is 1. The van der Waals surface area contributed by atoms with Gasteiger partial charge in [0.25, 0.3) is 0 Å². The number of nitrogens with zero attached hydrogens (tertiary/aromatic N) is 1. The molecule has 0 fully saturated rings. The summed E-state index contributed by atoms with van der Waals surface area (Å²) in [6.45, 7) is 0.175. The lowest BCUT2D eigenvalue weighted by Gasteiger charge is -2.18. The van der Waals surface area contributed by atoms with Crippen LogP contribution < -0.4 is 4.74 Å². The molecule has 3 aromatic carbocycles. The molecule has 0 saturated heterocycles. The summed E-state index contributed by atoms with van der Waals surface area (Å²) in [6.07, 6.45) is 1.86. The number of hydrogen-bond acceptors (Lipinski definition) is 3. The SMILES string of the molecule is O=[N+]([O-])C[C@H](c1cc(Br)ccc1OCc1ccccc1)c1c[nH]c2ccccc12. The Morgan fingerprint density at radius 1 is 1.00 bits per heavy atom. The van der Waals surface area contributed by atoms with Crippen LogP contribution in [0.15, 0.2) is 83.5 Å². The van der Waals surface area contributed by atoms with Gasteiger partial charge in [-0.3, -0.25) is 10.1 Å². The number of nitro groups is 1. The molecule has 0 unspecified atom stereocenters. The van der Waals surface area contributed by atoms with Gasteiger partial charge in [-0.2, -0.15) is 0 Å². The van der Waals surface area contributed by atoms with Crippen molar-refractivity contribution < 1.29 is 9.66 Å². The van der Waals surface area contributed by atoms with E-state index < -0.39 is 5.92 Å². The molecule has 0 aliphatic carbocycles. The van der Waals surface area contributed by atoms with Crippen molar-refractivity contribution in [1.29, 1.82) is 0 Å². The predicted octanol–water partition coefficient (Wildman–Crippen LogP) is 5.92. The van der Waals surface area contributed by atoms with Crippen LogP contribution in [-0.4, -0.2) is 16.5 Å². The van der Waals surface area contributed by atoms with Gasteiger partial charge in [0.2, 0.25) is 6.54 Å². The summed E-state index contributed by atoms with van der Waals surface area (Å²) in [6, 6.07) is 23.4. The Labute approximate surface area is 176 Å². The maximum atomic E-state index is 11.5. The second-order valence-electron chi connectivity index (χ2n) is 6.81. The Morgan fingerprint density at radius 3 is 2.55 bits per heavy atom. The molecule has 0 amide bonds. The van der Waals surface area contributed by atoms with Crippen LogP contribution in [0.1, 0.15) is 22.6 Å². The van der Waals surface area contributed by atoms with Gasteiger partial charge < -0.3 is 9.72 Å². The maximum Gasteiger partial charge on any atom is 0.214 e. The minimum atomic E-state index is -0.440. The highest BCUT2D eigenvalue weighted by Gasteiger charge is 2.26. The summed E-state index contributed by atoms with van der Waals surface area (Å²) >= 11 is 3.51. The fourth-order valence-electron chi connectivity index (χ4n) is 3.55. The number of benzene rings is 3. The van der Waals surface area contributed by atoms with Crippen LogP contribution in [0.4, 0.5) is 0 Å². The van der Waals surface area contributed by atoms with E-state index in [0.717, 1.165) is 32.1 Å². The Balaban J connectivity index is 1.76. The molecule has 1 heterocycles. The number of para-hydroxylation sites is 1. The van der Waals surface area contributed by atoms with Gasteiger partial charge in [0.15, 0.2) is 0 Å². The summed E-state index contributed by atoms with van der Waals surface area (Å²) < 4.78 is 6.95. The zero-order chi connectivity index (χ0) is 20.2. The molecule has 0 bridgehead atoms. The number of halogens is 1. The predicted molar refractivity (Wildman–Crippen MR) is 117 cm³/mol. The van der Waals surface area contributed by atoms with Gasteiger partial charge in [0, 0.05) is 32.1 Å². The zero-order valence-corrected chi connectivity index (χ0v) is 17.1. The van der Waals surface area contributed by atoms with Crippen molar-refractivity contribution in [3.05, 3.63) is 110 Å². The second kappa shape index (κ2) is 8.49. The lowest BCUT2D eigenvalue weighted by molar-refractivity contribution is -0.481. The van der Waals surface area contributed by atoms with Crippen molar-refractivity contribution in [2.75, 3.05) is 6.54 Å². The minimum Gasteiger partial charge on any atom is -0.489 e. The molecule has 1 atom stereocenters. The Morgan fingerprint density at radius 2 is 1.76 bits per heavy atom. The molecule has 1 N–H and O–H groups in total. The topological polar surface area (TPSA) is 68.2 Å². The van der Waals surface area contributed by atoms with Crippen molar-refractivity contribution >= 4 is 26.8 Å². The van der Waals surface area contributed by atoms with E-state index in [9.17, 15) is 10.1 Å². The van der Waals surface area contributed by atoms with E-state index in [-0.39, 0.29) is 11.5 Å². The fourth-order valence-corrected chi connectivity index (χ4v) is 3.93. The molecular weight excluding hydrogens is 432 g/mol. The van der Waals surface area contributed by atoms with E-state index in [2.05, 4.69) is 20.9 Å². The molecular formula is C23H19BrN2O3. The minimum absolute atomic E-state index is 0.222. The average molecular weight is 451 g/mol. The van der Waals surface area contributed by atoms with E-state index in [1.165, 1.54) is 0 Å². The van der Waals surface area contributed by atoms with E-state index in [0.29, 0.717) is 12.4 Å². The molecule has 0 radical (unpaired) electrons. The number of ether oxygens (including phenoxy) is 1. The van der Waals surface area contributed by atoms with E-state index >= 15 is 0 Å². The molecule has 146 valence electrons. The smallest absolute Gasteiger partial charge is 0.214 e. The van der Waals surface area contributed by atoms with Crippen molar-refractivity contribution in [1.82, 2.24) is 4.98 Å². The zero-order valence-electron chi connectivity index (χ0n) is 15.5. The Hall–Kier alpha value is -3.12. The standard InChI is InChI=1S/C23H19BrN2O3/c24-17-10-11-23(29-15-16-6-2-1-3-7-16)19(12-17)21(14-26(27)28)20-13-25-22-9-5-4-8-18(20)22/h1-13,21,25H,14-15H2/t21-/m1/s1. The highest BCUT2D eigenvalue weighted by atomic mass is 79.9.